The Labute approximate surface area is 96.2 Å². The summed E-state index contributed by atoms with van der Waals surface area (Å²) in [6.07, 6.45) is 1.52. The number of nitrogens with one attached hydrogen (secondary N) is 2. The van der Waals surface area contributed by atoms with Crippen molar-refractivity contribution in [3.8, 4) is 0 Å². The van der Waals surface area contributed by atoms with Gasteiger partial charge in [-0.2, -0.15) is 0 Å². The third-order valence-electron chi connectivity index (χ3n) is 1.99. The molecule has 0 spiro atoms. The number of hydrogen-bond donors (Lipinski definition) is 2. The van der Waals surface area contributed by atoms with Gasteiger partial charge in [0.2, 0.25) is 0 Å². The highest BCUT2D eigenvalue weighted by molar-refractivity contribution is 6.31. The van der Waals surface area contributed by atoms with E-state index < -0.39 is 0 Å². The van der Waals surface area contributed by atoms with Crippen LogP contribution in [0.5, 0.6) is 0 Å². The first-order chi connectivity index (χ1) is 7.65. The summed E-state index contributed by atoms with van der Waals surface area (Å²) in [7, 11) is 0. The van der Waals surface area contributed by atoms with Crippen molar-refractivity contribution >= 4 is 23.2 Å². The van der Waals surface area contributed by atoms with Gasteiger partial charge < -0.3 is 10.3 Å². The molecule has 3 nitrogen and oxygen atoms in total. The van der Waals surface area contributed by atoms with Crippen LogP contribution in [0.3, 0.4) is 0 Å². The van der Waals surface area contributed by atoms with Gasteiger partial charge >= 0.3 is 0 Å². The first-order valence-electron chi connectivity index (χ1n) is 4.56. The number of aromatic nitrogens is 1. The molecule has 2 rings (SSSR count). The highest BCUT2D eigenvalue weighted by Gasteiger charge is 2.07. The molecule has 1 aromatic carbocycles. The Morgan fingerprint density at radius 1 is 1.31 bits per heavy atom. The van der Waals surface area contributed by atoms with Crippen LogP contribution in [0.25, 0.3) is 0 Å². The first kappa shape index (κ1) is 10.7. The van der Waals surface area contributed by atoms with Crippen LogP contribution in [0.4, 0.5) is 10.1 Å². The van der Waals surface area contributed by atoms with Crippen LogP contribution in [0.15, 0.2) is 36.5 Å². The lowest BCUT2D eigenvalue weighted by atomic mass is 10.3. The van der Waals surface area contributed by atoms with Crippen LogP contribution in [0.1, 0.15) is 10.5 Å². The number of amides is 1. The van der Waals surface area contributed by atoms with Crippen molar-refractivity contribution in [2.24, 2.45) is 0 Å². The maximum absolute atomic E-state index is 12.6. The van der Waals surface area contributed by atoms with Crippen LogP contribution in [0.2, 0.25) is 5.02 Å². The quantitative estimate of drug-likeness (QED) is 0.830. The van der Waals surface area contributed by atoms with Crippen LogP contribution < -0.4 is 5.32 Å². The van der Waals surface area contributed by atoms with E-state index >= 15 is 0 Å². The van der Waals surface area contributed by atoms with Gasteiger partial charge in [-0.25, -0.2) is 4.39 Å². The molecule has 0 aliphatic heterocycles. The van der Waals surface area contributed by atoms with E-state index in [1.54, 1.807) is 0 Å². The second kappa shape index (κ2) is 4.37. The van der Waals surface area contributed by atoms with Crippen LogP contribution in [-0.4, -0.2) is 10.9 Å². The molecule has 2 aromatic rings. The highest BCUT2D eigenvalue weighted by atomic mass is 35.5. The molecule has 0 bridgehead atoms. The van der Waals surface area contributed by atoms with Crippen LogP contribution >= 0.6 is 11.6 Å². The van der Waals surface area contributed by atoms with Gasteiger partial charge in [-0.15, -0.1) is 0 Å². The number of halogens is 2. The fraction of sp³-hybridized carbons (Fsp3) is 0. The molecule has 1 aromatic heterocycles. The lowest BCUT2D eigenvalue weighted by molar-refractivity contribution is 0.102. The smallest absolute Gasteiger partial charge is 0.272 e. The zero-order valence-corrected chi connectivity index (χ0v) is 8.88. The molecular formula is C11H8ClFN2O. The summed E-state index contributed by atoms with van der Waals surface area (Å²) in [5.41, 5.74) is 0.881. The number of benzene rings is 1. The van der Waals surface area contributed by atoms with Crippen molar-refractivity contribution in [2.45, 2.75) is 0 Å². The SMILES string of the molecule is O=C(Nc1ccc(F)cc1)c1cc(Cl)c[nH]1. The number of rotatable bonds is 2. The first-order valence-corrected chi connectivity index (χ1v) is 4.94. The van der Waals surface area contributed by atoms with E-state index in [-0.39, 0.29) is 11.7 Å². The second-order valence-corrected chi connectivity index (χ2v) is 3.63. The van der Waals surface area contributed by atoms with Gasteiger partial charge in [-0.05, 0) is 30.3 Å². The predicted octanol–water partition coefficient (Wildman–Crippen LogP) is 3.06. The predicted molar refractivity (Wildman–Crippen MR) is 60.2 cm³/mol. The number of carbonyl (C=O) groups excluding carboxylic acids is 1. The van der Waals surface area contributed by atoms with Crippen molar-refractivity contribution in [1.29, 1.82) is 0 Å². The molecule has 0 radical (unpaired) electrons. The second-order valence-electron chi connectivity index (χ2n) is 3.19. The zero-order valence-electron chi connectivity index (χ0n) is 8.13. The Morgan fingerprint density at radius 3 is 2.56 bits per heavy atom. The lowest BCUT2D eigenvalue weighted by Crippen LogP contribution is -2.11. The van der Waals surface area contributed by atoms with E-state index in [4.69, 9.17) is 11.6 Å². The summed E-state index contributed by atoms with van der Waals surface area (Å²) in [6, 6.07) is 7.03. The van der Waals surface area contributed by atoms with E-state index in [1.165, 1.54) is 36.5 Å². The third kappa shape index (κ3) is 2.41. The lowest BCUT2D eigenvalue weighted by Gasteiger charge is -2.02. The summed E-state index contributed by atoms with van der Waals surface area (Å²) in [6.45, 7) is 0. The van der Waals surface area contributed by atoms with Gasteiger partial charge in [0, 0.05) is 11.9 Å². The Balaban J connectivity index is 2.10. The normalized spacial score (nSPS) is 10.1. The molecule has 82 valence electrons. The van der Waals surface area contributed by atoms with Crippen LogP contribution in [0, 0.1) is 5.82 Å². The number of H-pyrrole nitrogens is 1. The molecule has 0 atom stereocenters. The molecular weight excluding hydrogens is 231 g/mol. The standard InChI is InChI=1S/C11H8ClFN2O/c12-7-5-10(14-6-7)11(16)15-9-3-1-8(13)2-4-9/h1-6,14H,(H,15,16). The maximum Gasteiger partial charge on any atom is 0.272 e. The minimum atomic E-state index is -0.346. The molecule has 16 heavy (non-hydrogen) atoms. The average molecular weight is 239 g/mol. The summed E-state index contributed by atoms with van der Waals surface area (Å²) in [5, 5.41) is 3.07. The summed E-state index contributed by atoms with van der Waals surface area (Å²) in [5.74, 6) is -0.667. The molecule has 1 amide bonds. The number of carbonyl (C=O) groups is 1. The maximum atomic E-state index is 12.6. The number of hydrogen-bond acceptors (Lipinski definition) is 1. The van der Waals surface area contributed by atoms with E-state index in [1.807, 2.05) is 0 Å². The van der Waals surface area contributed by atoms with E-state index in [0.29, 0.717) is 16.4 Å². The number of aromatic amines is 1. The minimum Gasteiger partial charge on any atom is -0.356 e. The van der Waals surface area contributed by atoms with Gasteiger partial charge in [-0.1, -0.05) is 11.6 Å². The van der Waals surface area contributed by atoms with Gasteiger partial charge in [-0.3, -0.25) is 4.79 Å². The van der Waals surface area contributed by atoms with E-state index in [9.17, 15) is 9.18 Å². The molecule has 2 N–H and O–H groups in total. The Hall–Kier alpha value is -1.81. The molecule has 0 saturated heterocycles. The van der Waals surface area contributed by atoms with Crippen molar-refractivity contribution in [3.63, 3.8) is 0 Å². The molecule has 1 heterocycles. The Bertz CT molecular complexity index is 507. The van der Waals surface area contributed by atoms with Crippen molar-refractivity contribution < 1.29 is 9.18 Å². The topological polar surface area (TPSA) is 44.9 Å². The molecule has 0 unspecified atom stereocenters. The van der Waals surface area contributed by atoms with Gasteiger partial charge in [0.15, 0.2) is 0 Å². The number of anilines is 1. The monoisotopic (exact) mass is 238 g/mol. The molecule has 5 heteroatoms. The Morgan fingerprint density at radius 2 is 2.00 bits per heavy atom. The summed E-state index contributed by atoms with van der Waals surface area (Å²) < 4.78 is 12.6. The van der Waals surface area contributed by atoms with Gasteiger partial charge in [0.1, 0.15) is 11.5 Å². The van der Waals surface area contributed by atoms with Gasteiger partial charge in [0.05, 0.1) is 5.02 Å². The third-order valence-corrected chi connectivity index (χ3v) is 2.21. The zero-order chi connectivity index (χ0) is 11.5. The average Bonchev–Trinajstić information content (AvgIpc) is 2.68. The summed E-state index contributed by atoms with van der Waals surface area (Å²) in [4.78, 5) is 14.3. The largest absolute Gasteiger partial charge is 0.356 e. The van der Waals surface area contributed by atoms with Crippen molar-refractivity contribution in [3.05, 3.63) is 53.1 Å². The fourth-order valence-corrected chi connectivity index (χ4v) is 1.39. The molecule has 0 aliphatic rings. The van der Waals surface area contributed by atoms with Gasteiger partial charge in [0.25, 0.3) is 5.91 Å². The van der Waals surface area contributed by atoms with Crippen molar-refractivity contribution in [2.75, 3.05) is 5.32 Å². The van der Waals surface area contributed by atoms with E-state index in [0.717, 1.165) is 0 Å². The summed E-state index contributed by atoms with van der Waals surface area (Å²) >= 11 is 5.67. The van der Waals surface area contributed by atoms with E-state index in [2.05, 4.69) is 10.3 Å². The molecule has 0 saturated carbocycles. The minimum absolute atomic E-state index is 0.321. The molecule has 0 aliphatic carbocycles. The fourth-order valence-electron chi connectivity index (χ4n) is 1.23. The Kier molecular flexibility index (Phi) is 2.92. The van der Waals surface area contributed by atoms with Crippen LogP contribution in [-0.2, 0) is 0 Å². The molecule has 0 fully saturated rings. The van der Waals surface area contributed by atoms with Crippen molar-refractivity contribution in [1.82, 2.24) is 4.98 Å². The highest BCUT2D eigenvalue weighted by Crippen LogP contribution is 2.13.